The molecule has 2 aliphatic rings. The maximum atomic E-state index is 13.4. The molecule has 0 saturated carbocycles. The van der Waals surface area contributed by atoms with Crippen molar-refractivity contribution in [3.8, 4) is 11.4 Å². The second kappa shape index (κ2) is 7.15. The number of anilines is 1. The van der Waals surface area contributed by atoms with E-state index in [1.165, 1.54) is 17.7 Å². The van der Waals surface area contributed by atoms with Gasteiger partial charge in [-0.3, -0.25) is 4.79 Å². The highest BCUT2D eigenvalue weighted by Gasteiger charge is 2.41. The van der Waals surface area contributed by atoms with Crippen LogP contribution in [-0.2, 0) is 11.2 Å². The van der Waals surface area contributed by atoms with Crippen molar-refractivity contribution in [1.29, 1.82) is 0 Å². The SMILES string of the molecule is CCc1ccc(C2C3=C(CC(C)(C)CC3=O)Nc3nc(-c4ccc(F)cc4)nn32)cc1. The van der Waals surface area contributed by atoms with E-state index < -0.39 is 0 Å². The smallest absolute Gasteiger partial charge is 0.226 e. The number of Topliss-reactive ketones (excluding diaryl/α,β-unsaturated/α-hetero) is 1. The summed E-state index contributed by atoms with van der Waals surface area (Å²) in [5, 5.41) is 8.13. The molecule has 1 N–H and O–H groups in total. The van der Waals surface area contributed by atoms with Gasteiger partial charge in [-0.25, -0.2) is 9.07 Å². The van der Waals surface area contributed by atoms with E-state index >= 15 is 0 Å². The molecule has 2 heterocycles. The van der Waals surface area contributed by atoms with Crippen molar-refractivity contribution in [1.82, 2.24) is 14.8 Å². The Balaban J connectivity index is 1.66. The van der Waals surface area contributed by atoms with Crippen molar-refractivity contribution in [2.24, 2.45) is 5.41 Å². The molecule has 6 heteroatoms. The highest BCUT2D eigenvalue weighted by molar-refractivity contribution is 6.00. The minimum atomic E-state index is -0.331. The molecule has 5 nitrogen and oxygen atoms in total. The van der Waals surface area contributed by atoms with Gasteiger partial charge in [0.25, 0.3) is 0 Å². The lowest BCUT2D eigenvalue weighted by Crippen LogP contribution is -2.36. The molecule has 0 spiro atoms. The van der Waals surface area contributed by atoms with Crippen LogP contribution in [0.1, 0.15) is 50.8 Å². The molecule has 2 aromatic carbocycles. The predicted octanol–water partition coefficient (Wildman–Crippen LogP) is 5.30. The van der Waals surface area contributed by atoms with Crippen LogP contribution in [0, 0.1) is 11.2 Å². The fourth-order valence-corrected chi connectivity index (χ4v) is 4.57. The van der Waals surface area contributed by atoms with Gasteiger partial charge in [-0.1, -0.05) is 45.0 Å². The third-order valence-corrected chi connectivity index (χ3v) is 6.14. The topological polar surface area (TPSA) is 59.8 Å². The van der Waals surface area contributed by atoms with E-state index in [9.17, 15) is 9.18 Å². The summed E-state index contributed by atoms with van der Waals surface area (Å²) in [5.41, 5.74) is 4.57. The lowest BCUT2D eigenvalue weighted by atomic mass is 9.73. The van der Waals surface area contributed by atoms with Crippen molar-refractivity contribution >= 4 is 11.7 Å². The number of nitrogens with one attached hydrogen (secondary N) is 1. The molecule has 0 fully saturated rings. The predicted molar refractivity (Wildman–Crippen MR) is 118 cm³/mol. The zero-order valence-corrected chi connectivity index (χ0v) is 17.9. The minimum Gasteiger partial charge on any atom is -0.328 e. The summed E-state index contributed by atoms with van der Waals surface area (Å²) >= 11 is 0. The summed E-state index contributed by atoms with van der Waals surface area (Å²) in [5.74, 6) is 0.954. The zero-order valence-electron chi connectivity index (χ0n) is 17.9. The van der Waals surface area contributed by atoms with Crippen LogP contribution >= 0.6 is 0 Å². The maximum absolute atomic E-state index is 13.4. The molecule has 0 bridgehead atoms. The minimum absolute atomic E-state index is 0.110. The Kier molecular flexibility index (Phi) is 4.54. The van der Waals surface area contributed by atoms with Crippen molar-refractivity contribution in [2.75, 3.05) is 5.32 Å². The Bertz CT molecular complexity index is 1190. The van der Waals surface area contributed by atoms with E-state index in [1.54, 1.807) is 16.8 Å². The largest absolute Gasteiger partial charge is 0.328 e. The normalized spacial score (nSPS) is 19.6. The molecular weight excluding hydrogens is 391 g/mol. The quantitative estimate of drug-likeness (QED) is 0.629. The Morgan fingerprint density at radius 2 is 1.81 bits per heavy atom. The third-order valence-electron chi connectivity index (χ3n) is 6.14. The van der Waals surface area contributed by atoms with E-state index in [1.807, 2.05) is 0 Å². The first kappa shape index (κ1) is 19.7. The molecule has 3 aromatic rings. The molecule has 1 unspecified atom stereocenters. The van der Waals surface area contributed by atoms with Gasteiger partial charge >= 0.3 is 0 Å². The van der Waals surface area contributed by atoms with Gasteiger partial charge < -0.3 is 5.32 Å². The molecule has 1 aliphatic heterocycles. The number of rotatable bonds is 3. The van der Waals surface area contributed by atoms with E-state index in [4.69, 9.17) is 10.1 Å². The third kappa shape index (κ3) is 3.46. The average Bonchev–Trinajstić information content (AvgIpc) is 3.15. The number of nitrogens with zero attached hydrogens (tertiary/aromatic N) is 3. The Hall–Kier alpha value is -3.28. The van der Waals surface area contributed by atoms with Crippen molar-refractivity contribution in [2.45, 2.75) is 46.1 Å². The molecule has 0 saturated heterocycles. The highest BCUT2D eigenvalue weighted by atomic mass is 19.1. The Morgan fingerprint density at radius 3 is 2.48 bits per heavy atom. The molecular formula is C25H25FN4O. The summed E-state index contributed by atoms with van der Waals surface area (Å²) in [4.78, 5) is 18.0. The highest BCUT2D eigenvalue weighted by Crippen LogP contribution is 2.45. The van der Waals surface area contributed by atoms with E-state index in [-0.39, 0.29) is 23.1 Å². The fraction of sp³-hybridized carbons (Fsp3) is 0.320. The Morgan fingerprint density at radius 1 is 1.10 bits per heavy atom. The molecule has 158 valence electrons. The van der Waals surface area contributed by atoms with Crippen LogP contribution < -0.4 is 5.32 Å². The lowest BCUT2D eigenvalue weighted by molar-refractivity contribution is -0.118. The van der Waals surface area contributed by atoms with Gasteiger partial charge in [0, 0.05) is 23.3 Å². The van der Waals surface area contributed by atoms with Gasteiger partial charge in [-0.05, 0) is 53.6 Å². The number of aryl methyl sites for hydroxylation is 1. The summed E-state index contributed by atoms with van der Waals surface area (Å²) < 4.78 is 15.2. The van der Waals surface area contributed by atoms with E-state index in [2.05, 4.69) is 50.4 Å². The van der Waals surface area contributed by atoms with Gasteiger partial charge in [-0.2, -0.15) is 4.98 Å². The number of aromatic nitrogens is 3. The first-order valence-corrected chi connectivity index (χ1v) is 10.7. The van der Waals surface area contributed by atoms with Gasteiger partial charge in [0.15, 0.2) is 11.6 Å². The molecule has 1 aromatic heterocycles. The van der Waals surface area contributed by atoms with Gasteiger partial charge in [0.2, 0.25) is 5.95 Å². The first-order valence-electron chi connectivity index (χ1n) is 10.7. The van der Waals surface area contributed by atoms with Crippen LogP contribution in [0.5, 0.6) is 0 Å². The standard InChI is InChI=1S/C25H25FN4O/c1-4-15-5-7-16(8-6-15)22-21-19(13-25(2,3)14-20(21)31)27-24-28-23(29-30(22)24)17-9-11-18(26)12-10-17/h5-12,22H,4,13-14H2,1-3H3,(H,27,28,29). The number of carbonyl (C=O) groups excluding carboxylic acids is 1. The van der Waals surface area contributed by atoms with Crippen LogP contribution in [-0.4, -0.2) is 20.5 Å². The van der Waals surface area contributed by atoms with Crippen LogP contribution in [0.2, 0.25) is 0 Å². The van der Waals surface area contributed by atoms with Crippen LogP contribution in [0.25, 0.3) is 11.4 Å². The molecule has 1 atom stereocenters. The number of hydrogen-bond donors (Lipinski definition) is 1. The number of carbonyl (C=O) groups is 1. The van der Waals surface area contributed by atoms with Gasteiger partial charge in [0.05, 0.1) is 0 Å². The fourth-order valence-electron chi connectivity index (χ4n) is 4.57. The number of ketones is 1. The van der Waals surface area contributed by atoms with Crippen LogP contribution in [0.4, 0.5) is 10.3 Å². The summed E-state index contributed by atoms with van der Waals surface area (Å²) in [6.07, 6.45) is 2.24. The van der Waals surface area contributed by atoms with Crippen LogP contribution in [0.15, 0.2) is 59.8 Å². The second-order valence-corrected chi connectivity index (χ2v) is 9.17. The number of allylic oxidation sites excluding steroid dienone is 2. The Labute approximate surface area is 181 Å². The van der Waals surface area contributed by atoms with Crippen molar-refractivity contribution in [3.63, 3.8) is 0 Å². The summed E-state index contributed by atoms with van der Waals surface area (Å²) in [7, 11) is 0. The molecule has 0 radical (unpaired) electrons. The van der Waals surface area contributed by atoms with Gasteiger partial charge in [0.1, 0.15) is 11.9 Å². The maximum Gasteiger partial charge on any atom is 0.226 e. The van der Waals surface area contributed by atoms with E-state index in [0.29, 0.717) is 18.2 Å². The number of halogens is 1. The molecule has 1 aliphatic carbocycles. The van der Waals surface area contributed by atoms with E-state index in [0.717, 1.165) is 35.2 Å². The second-order valence-electron chi connectivity index (χ2n) is 9.17. The number of fused-ring (bicyclic) bond motifs is 1. The lowest BCUT2D eigenvalue weighted by Gasteiger charge is -2.38. The zero-order chi connectivity index (χ0) is 21.8. The average molecular weight is 417 g/mol. The van der Waals surface area contributed by atoms with Crippen molar-refractivity contribution in [3.05, 3.63) is 76.7 Å². The number of benzene rings is 2. The summed E-state index contributed by atoms with van der Waals surface area (Å²) in [6.45, 7) is 6.35. The summed E-state index contributed by atoms with van der Waals surface area (Å²) in [6, 6.07) is 14.2. The monoisotopic (exact) mass is 416 g/mol. The molecule has 31 heavy (non-hydrogen) atoms. The molecule has 0 amide bonds. The van der Waals surface area contributed by atoms with Gasteiger partial charge in [-0.15, -0.1) is 5.10 Å². The molecule has 5 rings (SSSR count). The van der Waals surface area contributed by atoms with Crippen molar-refractivity contribution < 1.29 is 9.18 Å². The number of hydrogen-bond acceptors (Lipinski definition) is 4. The van der Waals surface area contributed by atoms with Crippen LogP contribution in [0.3, 0.4) is 0 Å². The first-order chi connectivity index (χ1) is 14.8.